The molecule has 1 radical (unpaired) electrons. The lowest BCUT2D eigenvalue weighted by Gasteiger charge is -2.52. The van der Waals surface area contributed by atoms with Crippen LogP contribution in [0.3, 0.4) is 0 Å². The third kappa shape index (κ3) is 7.37. The molecule has 0 aliphatic carbocycles. The van der Waals surface area contributed by atoms with Gasteiger partial charge in [0.1, 0.15) is 0 Å². The highest BCUT2D eigenvalue weighted by Gasteiger charge is 2.52. The molecule has 14 rings (SSSR count). The van der Waals surface area contributed by atoms with Crippen molar-refractivity contribution in [2.24, 2.45) is 0 Å². The quantitative estimate of drug-likeness (QED) is 0.144. The fourth-order valence-corrected chi connectivity index (χ4v) is 14.0. The van der Waals surface area contributed by atoms with Crippen molar-refractivity contribution in [3.8, 4) is 34.1 Å². The van der Waals surface area contributed by atoms with Crippen molar-refractivity contribution in [3.63, 3.8) is 0 Å². The number of imide groups is 3. The zero-order valence-corrected chi connectivity index (χ0v) is 47.2. The number of piperazine rings is 1. The predicted octanol–water partition coefficient (Wildman–Crippen LogP) is 11.2. The van der Waals surface area contributed by atoms with Crippen LogP contribution >= 0.6 is 0 Å². The van der Waals surface area contributed by atoms with Crippen LogP contribution in [0.2, 0.25) is 0 Å². The van der Waals surface area contributed by atoms with Crippen LogP contribution in [-0.2, 0) is 5.21 Å². The minimum absolute atomic E-state index is 0.146. The van der Waals surface area contributed by atoms with Gasteiger partial charge in [-0.25, -0.2) is 9.80 Å². The molecule has 2 fully saturated rings. The smallest absolute Gasteiger partial charge is 0.265 e. The first-order valence-corrected chi connectivity index (χ1v) is 27.8. The highest BCUT2D eigenvalue weighted by molar-refractivity contribution is 6.40. The van der Waals surface area contributed by atoms with Crippen LogP contribution in [0.5, 0.6) is 23.0 Å². The Kier molecular flexibility index (Phi) is 10.7. The number of benzene rings is 7. The maximum Gasteiger partial charge on any atom is 0.265 e. The summed E-state index contributed by atoms with van der Waals surface area (Å²) in [6.07, 6.45) is 0.551. The summed E-state index contributed by atoms with van der Waals surface area (Å²) in [5.41, 5.74) is 4.91. The maximum absolute atomic E-state index is 14.8. The van der Waals surface area contributed by atoms with Gasteiger partial charge in [0.05, 0.1) is 16.9 Å². The molecule has 2 saturated heterocycles. The molecule has 7 aliphatic heterocycles. The number of piperidine rings is 1. The van der Waals surface area contributed by atoms with E-state index in [-0.39, 0.29) is 51.6 Å². The molecule has 0 saturated carbocycles. The van der Waals surface area contributed by atoms with E-state index in [2.05, 4.69) is 34.1 Å². The van der Waals surface area contributed by atoms with E-state index >= 15 is 0 Å². The highest BCUT2D eigenvalue weighted by atomic mass is 16.7. The zero-order chi connectivity index (χ0) is 57.6. The summed E-state index contributed by atoms with van der Waals surface area (Å²) in [5, 5.41) is 16.1. The highest BCUT2D eigenvalue weighted by Crippen LogP contribution is 2.58. The summed E-state index contributed by atoms with van der Waals surface area (Å²) < 4.78 is 24.9. The standard InChI is InChI=1S/C65H59N6O11/c1-33-29-47(70-60(76)43-20-18-41-52-42(19-21-44(53(43)52)61(70)77)57(73)68(56(41)72)37-31-62(3,4)71(78)63(5,6)32-37)34(2)28-46(33)69-58(74)39-13-11-12-38-45(23-22-40(51(38)39)59(69)75)67-26-24-66(25-27-67)36-16-14-35(15-17-36)50-54-48(79-64(7,8)81-54)30-49-55(50)82-65(9,10)80-49/h11-23,28-30,37H,24-27,31-32H2,1-10H3. The normalized spacial score (nSPS) is 20.3. The molecule has 0 atom stereocenters. The SMILES string of the molecule is Cc1cc(N2C(=O)c3ccc4c5c(ccc(c35)C2=O)C(=O)N(C2CC(C)(C)N([O])C(C)(C)C2)C4=O)c(C)cc1N1C(=O)c2cccc3c(N4CCN(c5ccc(-c6c7c(cc8c6OC(C)(C)O8)OC(C)(C)O7)cc5)CC4)ccc(c23)C1=O. The van der Waals surface area contributed by atoms with Crippen LogP contribution in [0.15, 0.2) is 97.1 Å². The largest absolute Gasteiger partial charge is 0.449 e. The Balaban J connectivity index is 0.706. The van der Waals surface area contributed by atoms with Crippen LogP contribution in [-0.4, -0.2) is 100 Å². The molecule has 6 amide bonds. The van der Waals surface area contributed by atoms with Gasteiger partial charge >= 0.3 is 0 Å². The summed E-state index contributed by atoms with van der Waals surface area (Å²) in [6.45, 7) is 21.0. The number of amides is 6. The van der Waals surface area contributed by atoms with Gasteiger partial charge in [-0.1, -0.05) is 24.3 Å². The molecule has 415 valence electrons. The van der Waals surface area contributed by atoms with Crippen LogP contribution in [0.1, 0.15) is 142 Å². The predicted molar refractivity (Wildman–Crippen MR) is 307 cm³/mol. The van der Waals surface area contributed by atoms with E-state index in [0.717, 1.165) is 50.9 Å². The van der Waals surface area contributed by atoms with Gasteiger partial charge in [0.15, 0.2) is 23.0 Å². The molecule has 7 aliphatic rings. The number of carbonyl (C=O) groups excluding carboxylic acids is 6. The van der Waals surface area contributed by atoms with Gasteiger partial charge in [0.25, 0.3) is 35.4 Å². The first-order chi connectivity index (χ1) is 38.8. The summed E-state index contributed by atoms with van der Waals surface area (Å²) >= 11 is 0. The molecule has 0 bridgehead atoms. The molecule has 17 heteroatoms. The number of aryl methyl sites for hydroxylation is 2. The molecule has 82 heavy (non-hydrogen) atoms. The molecule has 0 N–H and O–H groups in total. The minimum Gasteiger partial charge on any atom is -0.449 e. The number of hydrogen-bond acceptors (Lipinski definition) is 13. The number of hydrogen-bond donors (Lipinski definition) is 0. The second-order valence-corrected chi connectivity index (χ2v) is 24.8. The average molecular weight is 1100 g/mol. The number of rotatable bonds is 6. The second-order valence-electron chi connectivity index (χ2n) is 24.8. The lowest BCUT2D eigenvalue weighted by molar-refractivity contribution is -0.292. The van der Waals surface area contributed by atoms with Crippen LogP contribution < -0.4 is 38.5 Å². The topological polar surface area (TPSA) is 179 Å². The van der Waals surface area contributed by atoms with E-state index in [9.17, 15) is 34.0 Å². The van der Waals surface area contributed by atoms with E-state index in [1.165, 1.54) is 34.1 Å². The first-order valence-electron chi connectivity index (χ1n) is 27.8. The monoisotopic (exact) mass is 1100 g/mol. The Morgan fingerprint density at radius 3 is 1.37 bits per heavy atom. The van der Waals surface area contributed by atoms with Crippen molar-refractivity contribution in [3.05, 3.63) is 142 Å². The first kappa shape index (κ1) is 51.4. The third-order valence-electron chi connectivity index (χ3n) is 17.5. The Labute approximate surface area is 473 Å². The van der Waals surface area contributed by atoms with E-state index in [1.807, 2.05) is 52.0 Å². The van der Waals surface area contributed by atoms with Crippen molar-refractivity contribution in [1.82, 2.24) is 9.96 Å². The number of fused-ring (bicyclic) bond motifs is 2. The third-order valence-corrected chi connectivity index (χ3v) is 17.5. The van der Waals surface area contributed by atoms with Crippen LogP contribution in [0, 0.1) is 13.8 Å². The molecule has 7 aromatic carbocycles. The summed E-state index contributed by atoms with van der Waals surface area (Å²) in [7, 11) is 0. The molecule has 0 aromatic heterocycles. The Morgan fingerprint density at radius 1 is 0.451 bits per heavy atom. The van der Waals surface area contributed by atoms with Crippen molar-refractivity contribution >= 4 is 79.7 Å². The molecular weight excluding hydrogens is 1040 g/mol. The Morgan fingerprint density at radius 2 is 0.878 bits per heavy atom. The Bertz CT molecular complexity index is 3960. The lowest BCUT2D eigenvalue weighted by Crippen LogP contribution is -2.64. The van der Waals surface area contributed by atoms with E-state index in [1.54, 1.807) is 65.8 Å². The number of nitrogens with zero attached hydrogens (tertiary/aromatic N) is 6. The van der Waals surface area contributed by atoms with Gasteiger partial charge in [0, 0.05) is 143 Å². The van der Waals surface area contributed by atoms with Gasteiger partial charge in [0.2, 0.25) is 11.6 Å². The summed E-state index contributed by atoms with van der Waals surface area (Å²) in [4.78, 5) is 95.9. The van der Waals surface area contributed by atoms with Crippen molar-refractivity contribution in [2.75, 3.05) is 45.8 Å². The molecule has 0 unspecified atom stereocenters. The van der Waals surface area contributed by atoms with E-state index < -0.39 is 64.1 Å². The van der Waals surface area contributed by atoms with Crippen LogP contribution in [0.4, 0.5) is 22.7 Å². The maximum atomic E-state index is 14.8. The molecule has 7 heterocycles. The second kappa shape index (κ2) is 17.1. The van der Waals surface area contributed by atoms with E-state index in [4.69, 9.17) is 18.9 Å². The molecule has 17 nitrogen and oxygen atoms in total. The number of anilines is 4. The lowest BCUT2D eigenvalue weighted by atomic mass is 9.77. The average Bonchev–Trinajstić information content (AvgIpc) is 1.14. The fourth-order valence-electron chi connectivity index (χ4n) is 14.0. The van der Waals surface area contributed by atoms with E-state index in [0.29, 0.717) is 69.4 Å². The summed E-state index contributed by atoms with van der Waals surface area (Å²) in [6, 6.07) is 28.3. The molecule has 0 spiro atoms. The minimum atomic E-state index is -0.849. The Hall–Kier alpha value is -8.80. The van der Waals surface area contributed by atoms with Crippen molar-refractivity contribution in [1.29, 1.82) is 0 Å². The van der Waals surface area contributed by atoms with Gasteiger partial charge in [-0.3, -0.25) is 33.7 Å². The summed E-state index contributed by atoms with van der Waals surface area (Å²) in [5.74, 6) is -2.63. The molecule has 7 aromatic rings. The number of hydroxylamine groups is 2. The zero-order valence-electron chi connectivity index (χ0n) is 47.2. The van der Waals surface area contributed by atoms with Gasteiger partial charge < -0.3 is 28.7 Å². The molecular formula is C65H59N6O11. The van der Waals surface area contributed by atoms with Gasteiger partial charge in [-0.05, 0) is 138 Å². The van der Waals surface area contributed by atoms with Crippen molar-refractivity contribution in [2.45, 2.75) is 111 Å². The van der Waals surface area contributed by atoms with Crippen molar-refractivity contribution < 1.29 is 52.9 Å². The fraction of sp³-hybridized carbons (Fsp3) is 0.323. The van der Waals surface area contributed by atoms with Gasteiger partial charge in [-0.2, -0.15) is 0 Å². The number of carbonyl (C=O) groups is 6. The van der Waals surface area contributed by atoms with Gasteiger partial charge in [-0.15, -0.1) is 10.3 Å². The number of ether oxygens (including phenoxy) is 4. The van der Waals surface area contributed by atoms with Crippen LogP contribution in [0.25, 0.3) is 32.7 Å².